The van der Waals surface area contributed by atoms with Gasteiger partial charge in [-0.25, -0.2) is 4.39 Å². The molecule has 0 heterocycles. The molecule has 0 saturated carbocycles. The highest BCUT2D eigenvalue weighted by Crippen LogP contribution is 2.26. The van der Waals surface area contributed by atoms with Crippen LogP contribution in [0.4, 0.5) is 4.39 Å². The van der Waals surface area contributed by atoms with Gasteiger partial charge in [-0.3, -0.25) is 0 Å². The Morgan fingerprint density at radius 1 is 1.00 bits per heavy atom. The molecule has 0 amide bonds. The molecule has 0 aromatic heterocycles. The molecule has 1 aromatic carbocycles. The third kappa shape index (κ3) is 5.62. The van der Waals surface area contributed by atoms with Crippen LogP contribution in [-0.2, 0) is 6.42 Å². The molecular weight excluding hydrogens is 249 g/mol. The summed E-state index contributed by atoms with van der Waals surface area (Å²) in [4.78, 5) is 0. The minimum Gasteiger partial charge on any atom is -0.312 e. The van der Waals surface area contributed by atoms with Crippen LogP contribution in [0.15, 0.2) is 12.1 Å². The number of nitrogens with one attached hydrogen (secondary N) is 1. The second kappa shape index (κ2) is 6.26. The third-order valence-corrected chi connectivity index (χ3v) is 3.81. The van der Waals surface area contributed by atoms with Crippen LogP contribution in [0.5, 0.6) is 0 Å². The van der Waals surface area contributed by atoms with Crippen molar-refractivity contribution in [2.45, 2.75) is 66.8 Å². The minimum absolute atomic E-state index is 0.127. The highest BCUT2D eigenvalue weighted by molar-refractivity contribution is 5.34. The molecule has 1 aromatic rings. The number of rotatable bonds is 5. The van der Waals surface area contributed by atoms with Crippen LogP contribution in [0.1, 0.15) is 57.7 Å². The number of benzene rings is 1. The molecule has 1 N–H and O–H groups in total. The van der Waals surface area contributed by atoms with Gasteiger partial charge in [-0.1, -0.05) is 13.8 Å². The molecule has 2 heteroatoms. The van der Waals surface area contributed by atoms with E-state index in [-0.39, 0.29) is 16.8 Å². The summed E-state index contributed by atoms with van der Waals surface area (Å²) in [6.07, 6.45) is 2.11. The second-order valence-corrected chi connectivity index (χ2v) is 7.79. The SMILES string of the molecule is Cc1cc(F)cc(C)c1CCC(C)(C)CNC(C)(C)C. The van der Waals surface area contributed by atoms with Gasteiger partial charge < -0.3 is 5.32 Å². The molecule has 0 fully saturated rings. The van der Waals surface area contributed by atoms with Gasteiger partial charge in [-0.05, 0) is 81.7 Å². The van der Waals surface area contributed by atoms with Gasteiger partial charge in [0.25, 0.3) is 0 Å². The number of aryl methyl sites for hydroxylation is 2. The van der Waals surface area contributed by atoms with E-state index in [2.05, 4.69) is 39.9 Å². The zero-order valence-corrected chi connectivity index (χ0v) is 14.2. The molecule has 0 saturated heterocycles. The van der Waals surface area contributed by atoms with Crippen molar-refractivity contribution in [1.29, 1.82) is 0 Å². The zero-order valence-electron chi connectivity index (χ0n) is 14.2. The van der Waals surface area contributed by atoms with Crippen LogP contribution in [0.3, 0.4) is 0 Å². The molecule has 0 atom stereocenters. The Kier molecular flexibility index (Phi) is 5.37. The van der Waals surface area contributed by atoms with Crippen LogP contribution < -0.4 is 5.32 Å². The highest BCUT2D eigenvalue weighted by atomic mass is 19.1. The topological polar surface area (TPSA) is 12.0 Å². The van der Waals surface area contributed by atoms with E-state index in [1.165, 1.54) is 5.56 Å². The van der Waals surface area contributed by atoms with E-state index in [9.17, 15) is 4.39 Å². The Morgan fingerprint density at radius 3 is 1.95 bits per heavy atom. The summed E-state index contributed by atoms with van der Waals surface area (Å²) in [6.45, 7) is 16.2. The Hall–Kier alpha value is -0.890. The minimum atomic E-state index is -0.127. The fourth-order valence-corrected chi connectivity index (χ4v) is 2.39. The zero-order chi connectivity index (χ0) is 15.6. The normalized spacial score (nSPS) is 12.8. The summed E-state index contributed by atoms with van der Waals surface area (Å²) in [7, 11) is 0. The average molecular weight is 279 g/mol. The first-order chi connectivity index (χ1) is 9.00. The quantitative estimate of drug-likeness (QED) is 0.817. The molecule has 0 aliphatic heterocycles. The Morgan fingerprint density at radius 2 is 1.50 bits per heavy atom. The van der Waals surface area contributed by atoms with Crippen molar-refractivity contribution in [2.24, 2.45) is 5.41 Å². The van der Waals surface area contributed by atoms with Crippen LogP contribution in [0, 0.1) is 25.1 Å². The van der Waals surface area contributed by atoms with Crippen molar-refractivity contribution < 1.29 is 4.39 Å². The number of hydrogen-bond donors (Lipinski definition) is 1. The van der Waals surface area contributed by atoms with Crippen molar-refractivity contribution in [3.05, 3.63) is 34.6 Å². The van der Waals surface area contributed by atoms with Crippen molar-refractivity contribution in [3.8, 4) is 0 Å². The fraction of sp³-hybridized carbons (Fsp3) is 0.667. The maximum atomic E-state index is 13.3. The van der Waals surface area contributed by atoms with Gasteiger partial charge in [-0.15, -0.1) is 0 Å². The Balaban J connectivity index is 2.67. The molecule has 1 rings (SSSR count). The first-order valence-electron chi connectivity index (χ1n) is 7.51. The lowest BCUT2D eigenvalue weighted by Crippen LogP contribution is -2.42. The summed E-state index contributed by atoms with van der Waals surface area (Å²) >= 11 is 0. The Bertz CT molecular complexity index is 432. The van der Waals surface area contributed by atoms with E-state index in [0.717, 1.165) is 30.5 Å². The lowest BCUT2D eigenvalue weighted by Gasteiger charge is -2.31. The molecule has 0 unspecified atom stereocenters. The first-order valence-corrected chi connectivity index (χ1v) is 7.51. The van der Waals surface area contributed by atoms with Crippen LogP contribution in [-0.4, -0.2) is 12.1 Å². The van der Waals surface area contributed by atoms with E-state index in [1.807, 2.05) is 13.8 Å². The van der Waals surface area contributed by atoms with Crippen LogP contribution in [0.2, 0.25) is 0 Å². The van der Waals surface area contributed by atoms with Crippen molar-refractivity contribution >= 4 is 0 Å². The fourth-order valence-electron chi connectivity index (χ4n) is 2.39. The van der Waals surface area contributed by atoms with E-state index in [4.69, 9.17) is 0 Å². The summed E-state index contributed by atoms with van der Waals surface area (Å²) in [5.74, 6) is -0.127. The predicted octanol–water partition coefficient (Wildman–Crippen LogP) is 4.79. The molecule has 0 aliphatic rings. The summed E-state index contributed by atoms with van der Waals surface area (Å²) < 4.78 is 13.3. The molecule has 0 aliphatic carbocycles. The molecule has 20 heavy (non-hydrogen) atoms. The van der Waals surface area contributed by atoms with Gasteiger partial charge in [-0.2, -0.15) is 0 Å². The molecule has 1 nitrogen and oxygen atoms in total. The largest absolute Gasteiger partial charge is 0.312 e. The maximum absolute atomic E-state index is 13.3. The summed E-state index contributed by atoms with van der Waals surface area (Å²) in [5, 5.41) is 3.58. The van der Waals surface area contributed by atoms with Crippen LogP contribution >= 0.6 is 0 Å². The van der Waals surface area contributed by atoms with Gasteiger partial charge in [0.05, 0.1) is 0 Å². The Labute approximate surface area is 124 Å². The van der Waals surface area contributed by atoms with E-state index < -0.39 is 0 Å². The smallest absolute Gasteiger partial charge is 0.123 e. The van der Waals surface area contributed by atoms with Gasteiger partial charge in [0.15, 0.2) is 0 Å². The number of halogens is 1. The van der Waals surface area contributed by atoms with E-state index in [1.54, 1.807) is 12.1 Å². The predicted molar refractivity (Wildman–Crippen MR) is 85.7 cm³/mol. The lowest BCUT2D eigenvalue weighted by atomic mass is 9.84. The number of hydrogen-bond acceptors (Lipinski definition) is 1. The van der Waals surface area contributed by atoms with Gasteiger partial charge >= 0.3 is 0 Å². The molecule has 0 radical (unpaired) electrons. The third-order valence-electron chi connectivity index (χ3n) is 3.81. The lowest BCUT2D eigenvalue weighted by molar-refractivity contribution is 0.273. The maximum Gasteiger partial charge on any atom is 0.123 e. The molecule has 114 valence electrons. The summed E-state index contributed by atoms with van der Waals surface area (Å²) in [5.41, 5.74) is 3.83. The van der Waals surface area contributed by atoms with Gasteiger partial charge in [0.1, 0.15) is 5.82 Å². The van der Waals surface area contributed by atoms with Gasteiger partial charge in [0, 0.05) is 12.1 Å². The molecule has 0 spiro atoms. The van der Waals surface area contributed by atoms with Crippen molar-refractivity contribution in [1.82, 2.24) is 5.32 Å². The van der Waals surface area contributed by atoms with Gasteiger partial charge in [0.2, 0.25) is 0 Å². The standard InChI is InChI=1S/C18H30FN/c1-13-10-15(19)11-14(2)16(13)8-9-18(6,7)12-20-17(3,4)5/h10-11,20H,8-9,12H2,1-7H3. The average Bonchev–Trinajstić information content (AvgIpc) is 2.24. The summed E-state index contributed by atoms with van der Waals surface area (Å²) in [6, 6.07) is 3.28. The van der Waals surface area contributed by atoms with Crippen molar-refractivity contribution in [3.63, 3.8) is 0 Å². The van der Waals surface area contributed by atoms with Crippen LogP contribution in [0.25, 0.3) is 0 Å². The van der Waals surface area contributed by atoms with E-state index >= 15 is 0 Å². The van der Waals surface area contributed by atoms with E-state index in [0.29, 0.717) is 0 Å². The second-order valence-electron chi connectivity index (χ2n) is 7.79. The molecule has 0 bridgehead atoms. The first kappa shape index (κ1) is 17.2. The highest BCUT2D eigenvalue weighted by Gasteiger charge is 2.21. The van der Waals surface area contributed by atoms with Crippen molar-refractivity contribution in [2.75, 3.05) is 6.54 Å². The molecular formula is C18H30FN. The monoisotopic (exact) mass is 279 g/mol.